The van der Waals surface area contributed by atoms with Crippen LogP contribution in [0.5, 0.6) is 5.75 Å². The third-order valence-electron chi connectivity index (χ3n) is 5.33. The maximum atomic E-state index is 12.9. The minimum absolute atomic E-state index is 0.0311. The van der Waals surface area contributed by atoms with Gasteiger partial charge in [-0.1, -0.05) is 34.1 Å². The van der Waals surface area contributed by atoms with Crippen molar-refractivity contribution in [1.29, 1.82) is 0 Å². The van der Waals surface area contributed by atoms with Crippen molar-refractivity contribution in [3.63, 3.8) is 0 Å². The number of carbonyl (C=O) groups is 1. The Hall–Kier alpha value is -1.90. The molecule has 2 aromatic carbocycles. The molecule has 1 N–H and O–H groups in total. The molecule has 1 heterocycles. The van der Waals surface area contributed by atoms with Crippen molar-refractivity contribution >= 4 is 31.9 Å². The quantitative estimate of drug-likeness (QED) is 0.627. The molecule has 0 spiro atoms. The second kappa shape index (κ2) is 9.94. The minimum atomic E-state index is -3.57. The largest absolute Gasteiger partial charge is 0.494 e. The van der Waals surface area contributed by atoms with Crippen molar-refractivity contribution in [2.24, 2.45) is 5.92 Å². The number of amides is 1. The van der Waals surface area contributed by atoms with Crippen LogP contribution in [0.25, 0.3) is 0 Å². The lowest BCUT2D eigenvalue weighted by atomic mass is 9.96. The molecule has 6 nitrogen and oxygen atoms in total. The molecule has 30 heavy (non-hydrogen) atoms. The molecule has 8 heteroatoms. The third kappa shape index (κ3) is 5.22. The monoisotopic (exact) mass is 494 g/mol. The number of ether oxygens (including phenoxy) is 1. The van der Waals surface area contributed by atoms with Crippen molar-refractivity contribution in [2.45, 2.75) is 37.6 Å². The second-order valence-electron chi connectivity index (χ2n) is 7.33. The number of halogens is 1. The van der Waals surface area contributed by atoms with E-state index in [0.717, 1.165) is 10.0 Å². The summed E-state index contributed by atoms with van der Waals surface area (Å²) in [7, 11) is -3.57. The summed E-state index contributed by atoms with van der Waals surface area (Å²) in [4.78, 5) is 13.0. The van der Waals surface area contributed by atoms with Crippen LogP contribution in [0.15, 0.2) is 57.9 Å². The van der Waals surface area contributed by atoms with Crippen LogP contribution in [0.3, 0.4) is 0 Å². The van der Waals surface area contributed by atoms with Crippen molar-refractivity contribution in [2.75, 3.05) is 19.7 Å². The summed E-state index contributed by atoms with van der Waals surface area (Å²) in [6, 6.07) is 14.1. The van der Waals surface area contributed by atoms with Crippen LogP contribution in [0.4, 0.5) is 0 Å². The molecule has 0 radical (unpaired) electrons. The Balaban J connectivity index is 1.58. The van der Waals surface area contributed by atoms with E-state index in [0.29, 0.717) is 38.3 Å². The van der Waals surface area contributed by atoms with Gasteiger partial charge in [0.25, 0.3) is 0 Å². The summed E-state index contributed by atoms with van der Waals surface area (Å²) < 4.78 is 33.6. The Kier molecular flexibility index (Phi) is 7.55. The summed E-state index contributed by atoms with van der Waals surface area (Å²) >= 11 is 3.52. The molecular weight excluding hydrogens is 468 g/mol. The lowest BCUT2D eigenvalue weighted by Gasteiger charge is -2.31. The smallest absolute Gasteiger partial charge is 0.243 e. The van der Waals surface area contributed by atoms with E-state index >= 15 is 0 Å². The lowest BCUT2D eigenvalue weighted by Crippen LogP contribution is -2.43. The third-order valence-corrected chi connectivity index (χ3v) is 7.96. The number of piperidine rings is 1. The molecule has 1 saturated heterocycles. The van der Waals surface area contributed by atoms with Gasteiger partial charge in [0.05, 0.1) is 17.5 Å². The average Bonchev–Trinajstić information content (AvgIpc) is 2.74. The first-order valence-corrected chi connectivity index (χ1v) is 12.3. The van der Waals surface area contributed by atoms with E-state index in [2.05, 4.69) is 21.2 Å². The summed E-state index contributed by atoms with van der Waals surface area (Å²) in [5.41, 5.74) is 1.02. The van der Waals surface area contributed by atoms with E-state index in [9.17, 15) is 13.2 Å². The van der Waals surface area contributed by atoms with Gasteiger partial charge in [0.15, 0.2) is 0 Å². The standard InChI is InChI=1S/C22H27BrN2O4S/c1-3-29-18-8-10-19(11-9-18)30(27,28)25-14-12-17(13-15-25)22(26)24-16(2)20-6-4-5-7-21(20)23/h4-11,16-17H,3,12-15H2,1-2H3,(H,24,26). The van der Waals surface area contributed by atoms with Crippen LogP contribution >= 0.6 is 15.9 Å². The lowest BCUT2D eigenvalue weighted by molar-refractivity contribution is -0.126. The van der Waals surface area contributed by atoms with Crippen LogP contribution in [-0.4, -0.2) is 38.3 Å². The molecule has 0 aromatic heterocycles. The molecule has 1 fully saturated rings. The van der Waals surface area contributed by atoms with Crippen LogP contribution in [0.2, 0.25) is 0 Å². The molecule has 1 aliphatic rings. The number of hydrogen-bond donors (Lipinski definition) is 1. The van der Waals surface area contributed by atoms with Gasteiger partial charge >= 0.3 is 0 Å². The molecule has 1 amide bonds. The van der Waals surface area contributed by atoms with Gasteiger partial charge in [-0.3, -0.25) is 4.79 Å². The fourth-order valence-electron chi connectivity index (χ4n) is 3.62. The highest BCUT2D eigenvalue weighted by Crippen LogP contribution is 2.27. The van der Waals surface area contributed by atoms with Crippen LogP contribution in [0, 0.1) is 5.92 Å². The number of sulfonamides is 1. The van der Waals surface area contributed by atoms with Crippen LogP contribution in [0.1, 0.15) is 38.3 Å². The van der Waals surface area contributed by atoms with Gasteiger partial charge in [-0.05, 0) is 62.6 Å². The van der Waals surface area contributed by atoms with E-state index in [-0.39, 0.29) is 22.8 Å². The molecular formula is C22H27BrN2O4S. The molecule has 1 aliphatic heterocycles. The zero-order valence-electron chi connectivity index (χ0n) is 17.2. The molecule has 0 aliphatic carbocycles. The van der Waals surface area contributed by atoms with Crippen molar-refractivity contribution in [1.82, 2.24) is 9.62 Å². The van der Waals surface area contributed by atoms with Gasteiger partial charge in [0.2, 0.25) is 15.9 Å². The summed E-state index contributed by atoms with van der Waals surface area (Å²) in [5, 5.41) is 3.06. The van der Waals surface area contributed by atoms with Gasteiger partial charge in [0.1, 0.15) is 5.75 Å². The first kappa shape index (κ1) is 22.8. The minimum Gasteiger partial charge on any atom is -0.494 e. The van der Waals surface area contributed by atoms with E-state index < -0.39 is 10.0 Å². The first-order valence-electron chi connectivity index (χ1n) is 10.1. The maximum absolute atomic E-state index is 12.9. The number of rotatable bonds is 7. The fraction of sp³-hybridized carbons (Fsp3) is 0.409. The molecule has 0 saturated carbocycles. The zero-order chi connectivity index (χ0) is 21.7. The second-order valence-corrected chi connectivity index (χ2v) is 10.1. The number of nitrogens with zero attached hydrogens (tertiary/aromatic N) is 1. The first-order chi connectivity index (χ1) is 14.3. The normalized spacial score (nSPS) is 16.8. The van der Waals surface area contributed by atoms with Crippen LogP contribution in [-0.2, 0) is 14.8 Å². The van der Waals surface area contributed by atoms with Crippen molar-refractivity contribution in [3.05, 3.63) is 58.6 Å². The van der Waals surface area contributed by atoms with Gasteiger partial charge in [0, 0.05) is 23.5 Å². The number of nitrogens with one attached hydrogen (secondary N) is 1. The average molecular weight is 495 g/mol. The zero-order valence-corrected chi connectivity index (χ0v) is 19.6. The van der Waals surface area contributed by atoms with Gasteiger partial charge in [-0.2, -0.15) is 4.31 Å². The summed E-state index contributed by atoms with van der Waals surface area (Å²) in [5.74, 6) is 0.420. The molecule has 162 valence electrons. The van der Waals surface area contributed by atoms with E-state index in [1.165, 1.54) is 4.31 Å². The molecule has 0 bridgehead atoms. The Morgan fingerprint density at radius 2 is 1.80 bits per heavy atom. The topological polar surface area (TPSA) is 75.7 Å². The predicted molar refractivity (Wildman–Crippen MR) is 120 cm³/mol. The summed E-state index contributed by atoms with van der Waals surface area (Å²) in [6.45, 7) is 5.02. The molecule has 2 aromatic rings. The number of benzene rings is 2. The Morgan fingerprint density at radius 3 is 2.40 bits per heavy atom. The SMILES string of the molecule is CCOc1ccc(S(=O)(=O)N2CCC(C(=O)NC(C)c3ccccc3Br)CC2)cc1. The highest BCUT2D eigenvalue weighted by Gasteiger charge is 2.32. The molecule has 3 rings (SSSR count). The number of hydrogen-bond acceptors (Lipinski definition) is 4. The Bertz CT molecular complexity index is 971. The highest BCUT2D eigenvalue weighted by atomic mass is 79.9. The summed E-state index contributed by atoms with van der Waals surface area (Å²) in [6.07, 6.45) is 1.01. The van der Waals surface area contributed by atoms with Crippen LogP contribution < -0.4 is 10.1 Å². The van der Waals surface area contributed by atoms with E-state index in [1.54, 1.807) is 24.3 Å². The maximum Gasteiger partial charge on any atom is 0.243 e. The van der Waals surface area contributed by atoms with Gasteiger partial charge in [-0.15, -0.1) is 0 Å². The van der Waals surface area contributed by atoms with Crippen molar-refractivity contribution in [3.8, 4) is 5.75 Å². The molecule has 1 unspecified atom stereocenters. The van der Waals surface area contributed by atoms with Crippen molar-refractivity contribution < 1.29 is 17.9 Å². The highest BCUT2D eigenvalue weighted by molar-refractivity contribution is 9.10. The van der Waals surface area contributed by atoms with E-state index in [1.807, 2.05) is 38.1 Å². The van der Waals surface area contributed by atoms with Gasteiger partial charge < -0.3 is 10.1 Å². The number of carbonyl (C=O) groups excluding carboxylic acids is 1. The van der Waals surface area contributed by atoms with Gasteiger partial charge in [-0.25, -0.2) is 8.42 Å². The fourth-order valence-corrected chi connectivity index (χ4v) is 5.72. The molecule has 1 atom stereocenters. The Morgan fingerprint density at radius 1 is 1.17 bits per heavy atom. The van der Waals surface area contributed by atoms with E-state index in [4.69, 9.17) is 4.74 Å². The Labute approximate surface area is 186 Å². The predicted octanol–water partition coefficient (Wildman–Crippen LogP) is 4.13.